The molecule has 114 valence electrons. The molecule has 0 spiro atoms. The molecular weight excluding hydrogens is 286 g/mol. The fourth-order valence-corrected chi connectivity index (χ4v) is 2.25. The van der Waals surface area contributed by atoms with Crippen LogP contribution in [0.3, 0.4) is 0 Å². The van der Waals surface area contributed by atoms with Crippen LogP contribution in [0.25, 0.3) is 17.8 Å². The molecule has 0 saturated carbocycles. The monoisotopic (exact) mass is 303 g/mol. The summed E-state index contributed by atoms with van der Waals surface area (Å²) in [5.74, 6) is 0.854. The Labute approximate surface area is 135 Å². The molecule has 3 heteroatoms. The van der Waals surface area contributed by atoms with Crippen LogP contribution in [-0.2, 0) is 0 Å². The van der Waals surface area contributed by atoms with Crippen LogP contribution in [0.5, 0.6) is 5.75 Å². The van der Waals surface area contributed by atoms with Crippen molar-refractivity contribution in [3.63, 3.8) is 0 Å². The molecule has 0 aliphatic rings. The van der Waals surface area contributed by atoms with Gasteiger partial charge in [-0.2, -0.15) is 0 Å². The average molecular weight is 303 g/mol. The Hall–Kier alpha value is -3.07. The molecule has 0 atom stereocenters. The average Bonchev–Trinajstić information content (AvgIpc) is 2.61. The maximum atomic E-state index is 11.1. The summed E-state index contributed by atoms with van der Waals surface area (Å²) >= 11 is 0. The molecule has 1 aromatic heterocycles. The number of methoxy groups -OCH3 is 1. The summed E-state index contributed by atoms with van der Waals surface area (Å²) in [5, 5.41) is 0. The third kappa shape index (κ3) is 3.77. The van der Waals surface area contributed by atoms with Crippen LogP contribution >= 0.6 is 0 Å². The predicted octanol–water partition coefficient (Wildman–Crippen LogP) is 4.02. The lowest BCUT2D eigenvalue weighted by Gasteiger charge is -2.05. The fraction of sp³-hybridized carbons (Fsp3) is 0.0500. The van der Waals surface area contributed by atoms with Gasteiger partial charge in [0.15, 0.2) is 5.43 Å². The second-order valence-electron chi connectivity index (χ2n) is 5.14. The third-order valence-corrected chi connectivity index (χ3v) is 3.57. The predicted molar refractivity (Wildman–Crippen MR) is 94.0 cm³/mol. The van der Waals surface area contributed by atoms with E-state index in [1.165, 1.54) is 0 Å². The van der Waals surface area contributed by atoms with E-state index in [1.54, 1.807) is 31.6 Å². The number of pyridine rings is 1. The first-order valence-electron chi connectivity index (χ1n) is 7.35. The van der Waals surface area contributed by atoms with Gasteiger partial charge in [0, 0.05) is 30.2 Å². The van der Waals surface area contributed by atoms with Gasteiger partial charge in [0.25, 0.3) is 0 Å². The van der Waals surface area contributed by atoms with E-state index < -0.39 is 0 Å². The van der Waals surface area contributed by atoms with Crippen molar-refractivity contribution in [1.29, 1.82) is 0 Å². The van der Waals surface area contributed by atoms with Gasteiger partial charge in [0.1, 0.15) is 5.75 Å². The molecule has 0 fully saturated rings. The summed E-state index contributed by atoms with van der Waals surface area (Å²) in [6.07, 6.45) is 7.67. The molecule has 0 aliphatic carbocycles. The molecule has 23 heavy (non-hydrogen) atoms. The van der Waals surface area contributed by atoms with E-state index in [0.717, 1.165) is 22.6 Å². The van der Waals surface area contributed by atoms with Gasteiger partial charge in [0.2, 0.25) is 0 Å². The summed E-state index contributed by atoms with van der Waals surface area (Å²) < 4.78 is 7.06. The first-order valence-corrected chi connectivity index (χ1v) is 7.35. The summed E-state index contributed by atoms with van der Waals surface area (Å²) in [6, 6.07) is 19.2. The number of hydrogen-bond donors (Lipinski definition) is 0. The minimum absolute atomic E-state index is 0.0142. The summed E-state index contributed by atoms with van der Waals surface area (Å²) in [7, 11) is 1.66. The van der Waals surface area contributed by atoms with Gasteiger partial charge in [0.05, 0.1) is 7.11 Å². The molecule has 1 heterocycles. The standard InChI is InChI=1S/C20H17NO2/c1-23-20-10-6-17(7-11-20)3-2-16-4-8-18(9-5-16)21-14-12-19(22)13-15-21/h2-15H,1H3/b3-2+. The van der Waals surface area contributed by atoms with Gasteiger partial charge in [-0.05, 0) is 35.4 Å². The van der Waals surface area contributed by atoms with E-state index in [1.807, 2.05) is 53.1 Å². The zero-order valence-electron chi connectivity index (χ0n) is 12.8. The zero-order chi connectivity index (χ0) is 16.1. The summed E-state index contributed by atoms with van der Waals surface area (Å²) in [4.78, 5) is 11.1. The molecular formula is C20H17NO2. The maximum absolute atomic E-state index is 11.1. The van der Waals surface area contributed by atoms with Crippen molar-refractivity contribution in [2.75, 3.05) is 7.11 Å². The highest BCUT2D eigenvalue weighted by Gasteiger charge is 1.95. The number of benzene rings is 2. The van der Waals surface area contributed by atoms with E-state index in [4.69, 9.17) is 4.74 Å². The molecule has 0 unspecified atom stereocenters. The van der Waals surface area contributed by atoms with Gasteiger partial charge >= 0.3 is 0 Å². The van der Waals surface area contributed by atoms with Crippen LogP contribution in [-0.4, -0.2) is 11.7 Å². The lowest BCUT2D eigenvalue weighted by molar-refractivity contribution is 0.415. The van der Waals surface area contributed by atoms with Crippen molar-refractivity contribution in [2.24, 2.45) is 0 Å². The lowest BCUT2D eigenvalue weighted by atomic mass is 10.1. The zero-order valence-corrected chi connectivity index (χ0v) is 12.8. The Balaban J connectivity index is 1.75. The number of nitrogens with zero attached hydrogens (tertiary/aromatic N) is 1. The molecule has 0 saturated heterocycles. The summed E-state index contributed by atoms with van der Waals surface area (Å²) in [5.41, 5.74) is 3.27. The minimum atomic E-state index is 0.0142. The smallest absolute Gasteiger partial charge is 0.181 e. The number of rotatable bonds is 4. The van der Waals surface area contributed by atoms with Gasteiger partial charge in [-0.1, -0.05) is 36.4 Å². The van der Waals surface area contributed by atoms with Crippen molar-refractivity contribution in [2.45, 2.75) is 0 Å². The first kappa shape index (κ1) is 14.9. The molecule has 3 rings (SSSR count). The van der Waals surface area contributed by atoms with E-state index in [-0.39, 0.29) is 5.43 Å². The molecule has 0 amide bonds. The summed E-state index contributed by atoms with van der Waals surface area (Å²) in [6.45, 7) is 0. The number of hydrogen-bond acceptors (Lipinski definition) is 2. The van der Waals surface area contributed by atoms with E-state index in [2.05, 4.69) is 12.2 Å². The Bertz CT molecular complexity index is 839. The molecule has 3 nitrogen and oxygen atoms in total. The Morgan fingerprint density at radius 1 is 0.783 bits per heavy atom. The van der Waals surface area contributed by atoms with Crippen LogP contribution in [0.1, 0.15) is 11.1 Å². The molecule has 3 aromatic rings. The van der Waals surface area contributed by atoms with Crippen molar-refractivity contribution in [3.05, 3.63) is 94.4 Å². The van der Waals surface area contributed by atoms with Crippen LogP contribution in [0.4, 0.5) is 0 Å². The Kier molecular flexibility index (Phi) is 4.39. The Morgan fingerprint density at radius 2 is 1.30 bits per heavy atom. The van der Waals surface area contributed by atoms with E-state index in [9.17, 15) is 4.79 Å². The van der Waals surface area contributed by atoms with Gasteiger partial charge in [-0.15, -0.1) is 0 Å². The highest BCUT2D eigenvalue weighted by Crippen LogP contribution is 2.15. The molecule has 0 radical (unpaired) electrons. The van der Waals surface area contributed by atoms with Crippen LogP contribution in [0.2, 0.25) is 0 Å². The van der Waals surface area contributed by atoms with Gasteiger partial charge in [-0.3, -0.25) is 4.79 Å². The molecule has 0 N–H and O–H groups in total. The second kappa shape index (κ2) is 6.79. The van der Waals surface area contributed by atoms with Crippen molar-refractivity contribution in [1.82, 2.24) is 4.57 Å². The lowest BCUT2D eigenvalue weighted by Crippen LogP contribution is -2.01. The molecule has 2 aromatic carbocycles. The quantitative estimate of drug-likeness (QED) is 0.682. The maximum Gasteiger partial charge on any atom is 0.181 e. The normalized spacial score (nSPS) is 10.8. The van der Waals surface area contributed by atoms with Gasteiger partial charge in [-0.25, -0.2) is 0 Å². The van der Waals surface area contributed by atoms with E-state index in [0.29, 0.717) is 0 Å². The highest BCUT2D eigenvalue weighted by molar-refractivity contribution is 5.70. The minimum Gasteiger partial charge on any atom is -0.497 e. The largest absolute Gasteiger partial charge is 0.497 e. The first-order chi connectivity index (χ1) is 11.2. The molecule has 0 aliphatic heterocycles. The van der Waals surface area contributed by atoms with Crippen molar-refractivity contribution >= 4 is 12.2 Å². The Morgan fingerprint density at radius 3 is 1.83 bits per heavy atom. The van der Waals surface area contributed by atoms with Crippen LogP contribution in [0, 0.1) is 0 Å². The SMILES string of the molecule is COc1ccc(/C=C/c2ccc(-n3ccc(=O)cc3)cc2)cc1. The topological polar surface area (TPSA) is 31.2 Å². The van der Waals surface area contributed by atoms with Crippen LogP contribution in [0.15, 0.2) is 77.9 Å². The van der Waals surface area contributed by atoms with Gasteiger partial charge < -0.3 is 9.30 Å². The van der Waals surface area contributed by atoms with Crippen LogP contribution < -0.4 is 10.2 Å². The number of ether oxygens (including phenoxy) is 1. The highest BCUT2D eigenvalue weighted by atomic mass is 16.5. The second-order valence-corrected chi connectivity index (χ2v) is 5.14. The van der Waals surface area contributed by atoms with Crippen molar-refractivity contribution < 1.29 is 4.74 Å². The third-order valence-electron chi connectivity index (χ3n) is 3.57. The number of aromatic nitrogens is 1. The van der Waals surface area contributed by atoms with E-state index >= 15 is 0 Å². The fourth-order valence-electron chi connectivity index (χ4n) is 2.25. The molecule has 0 bridgehead atoms. The van der Waals surface area contributed by atoms with Crippen molar-refractivity contribution in [3.8, 4) is 11.4 Å².